The summed E-state index contributed by atoms with van der Waals surface area (Å²) in [4.78, 5) is 10.9. The molecule has 1 aliphatic rings. The summed E-state index contributed by atoms with van der Waals surface area (Å²) in [7, 11) is 0. The standard InChI is InChI=1S/C10H11NO3S/c11-7-4-8(15)14-9-5(7)2-1-3-6(9)10(12)13/h1-3,7-8,15H,4,11H2,(H,12,13). The summed E-state index contributed by atoms with van der Waals surface area (Å²) in [5.74, 6) is -0.662. The second kappa shape index (κ2) is 3.75. The number of carboxylic acids is 1. The summed E-state index contributed by atoms with van der Waals surface area (Å²) in [6.07, 6.45) is 0.583. The van der Waals surface area contributed by atoms with Gasteiger partial charge in [-0.05, 0) is 6.07 Å². The van der Waals surface area contributed by atoms with Gasteiger partial charge in [-0.2, -0.15) is 0 Å². The van der Waals surface area contributed by atoms with Crippen molar-refractivity contribution >= 4 is 18.6 Å². The molecule has 2 unspecified atom stereocenters. The number of para-hydroxylation sites is 1. The summed E-state index contributed by atoms with van der Waals surface area (Å²) in [5.41, 5.74) is 6.42. The number of hydrogen-bond donors (Lipinski definition) is 3. The number of rotatable bonds is 1. The Kier molecular flexibility index (Phi) is 2.58. The van der Waals surface area contributed by atoms with Crippen LogP contribution in [0, 0.1) is 0 Å². The van der Waals surface area contributed by atoms with Crippen molar-refractivity contribution in [2.45, 2.75) is 17.9 Å². The van der Waals surface area contributed by atoms with E-state index in [1.165, 1.54) is 6.07 Å². The van der Waals surface area contributed by atoms with Gasteiger partial charge >= 0.3 is 5.97 Å². The highest BCUT2D eigenvalue weighted by atomic mass is 32.1. The van der Waals surface area contributed by atoms with Gasteiger partial charge in [-0.1, -0.05) is 12.1 Å². The van der Waals surface area contributed by atoms with E-state index in [1.54, 1.807) is 12.1 Å². The van der Waals surface area contributed by atoms with Gasteiger partial charge in [0.25, 0.3) is 0 Å². The average molecular weight is 225 g/mol. The largest absolute Gasteiger partial charge is 0.479 e. The summed E-state index contributed by atoms with van der Waals surface area (Å²) >= 11 is 4.17. The maximum Gasteiger partial charge on any atom is 0.339 e. The van der Waals surface area contributed by atoms with Crippen molar-refractivity contribution in [3.05, 3.63) is 29.3 Å². The minimum absolute atomic E-state index is 0.140. The molecule has 1 aromatic rings. The van der Waals surface area contributed by atoms with Crippen LogP contribution < -0.4 is 10.5 Å². The van der Waals surface area contributed by atoms with Crippen LogP contribution in [0.15, 0.2) is 18.2 Å². The molecule has 5 heteroatoms. The molecule has 3 N–H and O–H groups in total. The first-order chi connectivity index (χ1) is 7.09. The van der Waals surface area contributed by atoms with Gasteiger partial charge in [-0.25, -0.2) is 4.79 Å². The van der Waals surface area contributed by atoms with Crippen LogP contribution in [-0.2, 0) is 0 Å². The van der Waals surface area contributed by atoms with Crippen LogP contribution in [0.5, 0.6) is 5.75 Å². The fourth-order valence-corrected chi connectivity index (χ4v) is 2.01. The highest BCUT2D eigenvalue weighted by Gasteiger charge is 2.27. The number of hydrogen-bond acceptors (Lipinski definition) is 4. The van der Waals surface area contributed by atoms with Crippen LogP contribution in [0.3, 0.4) is 0 Å². The van der Waals surface area contributed by atoms with E-state index in [4.69, 9.17) is 15.6 Å². The molecule has 15 heavy (non-hydrogen) atoms. The first-order valence-corrected chi connectivity index (χ1v) is 5.07. The van der Waals surface area contributed by atoms with Crippen molar-refractivity contribution in [2.24, 2.45) is 5.73 Å². The molecular formula is C10H11NO3S. The van der Waals surface area contributed by atoms with Crippen molar-refractivity contribution in [1.29, 1.82) is 0 Å². The lowest BCUT2D eigenvalue weighted by atomic mass is 9.98. The van der Waals surface area contributed by atoms with E-state index in [0.717, 1.165) is 5.56 Å². The molecule has 1 heterocycles. The fraction of sp³-hybridized carbons (Fsp3) is 0.300. The number of fused-ring (bicyclic) bond motifs is 1. The number of ether oxygens (including phenoxy) is 1. The molecule has 80 valence electrons. The zero-order chi connectivity index (χ0) is 11.0. The molecule has 0 saturated carbocycles. The molecule has 0 amide bonds. The zero-order valence-corrected chi connectivity index (χ0v) is 8.78. The van der Waals surface area contributed by atoms with Crippen molar-refractivity contribution in [1.82, 2.24) is 0 Å². The number of aromatic carboxylic acids is 1. The predicted octanol–water partition coefficient (Wildman–Crippen LogP) is 1.42. The molecule has 0 fully saturated rings. The third-order valence-electron chi connectivity index (χ3n) is 2.38. The quantitative estimate of drug-likeness (QED) is 0.632. The van der Waals surface area contributed by atoms with Gasteiger partial charge in [-0.15, -0.1) is 12.6 Å². The van der Waals surface area contributed by atoms with Crippen LogP contribution in [-0.4, -0.2) is 16.5 Å². The Morgan fingerprint density at radius 3 is 3.00 bits per heavy atom. The molecule has 0 radical (unpaired) electrons. The minimum atomic E-state index is -1.01. The Bertz CT molecular complexity index is 408. The number of benzene rings is 1. The summed E-state index contributed by atoms with van der Waals surface area (Å²) in [6, 6.07) is 4.74. The highest BCUT2D eigenvalue weighted by molar-refractivity contribution is 7.80. The number of thiol groups is 1. The van der Waals surface area contributed by atoms with Crippen molar-refractivity contribution in [3.8, 4) is 5.75 Å². The molecule has 2 rings (SSSR count). The zero-order valence-electron chi connectivity index (χ0n) is 7.88. The third-order valence-corrected chi connectivity index (χ3v) is 2.70. The minimum Gasteiger partial charge on any atom is -0.479 e. The van der Waals surface area contributed by atoms with E-state index >= 15 is 0 Å². The second-order valence-electron chi connectivity index (χ2n) is 3.44. The van der Waals surface area contributed by atoms with E-state index in [1.807, 2.05) is 0 Å². The van der Waals surface area contributed by atoms with Gasteiger partial charge in [-0.3, -0.25) is 0 Å². The van der Waals surface area contributed by atoms with Gasteiger partial charge in [0.15, 0.2) is 0 Å². The topological polar surface area (TPSA) is 72.5 Å². The average Bonchev–Trinajstić information content (AvgIpc) is 2.16. The molecule has 2 atom stereocenters. The fourth-order valence-electron chi connectivity index (χ4n) is 1.68. The molecule has 0 spiro atoms. The monoisotopic (exact) mass is 225 g/mol. The van der Waals surface area contributed by atoms with Gasteiger partial charge in [0.2, 0.25) is 0 Å². The Morgan fingerprint density at radius 2 is 2.33 bits per heavy atom. The third kappa shape index (κ3) is 1.80. The van der Waals surface area contributed by atoms with Crippen LogP contribution in [0.25, 0.3) is 0 Å². The van der Waals surface area contributed by atoms with Gasteiger partial charge in [0, 0.05) is 18.0 Å². The lowest BCUT2D eigenvalue weighted by Crippen LogP contribution is -2.27. The summed E-state index contributed by atoms with van der Waals surface area (Å²) < 4.78 is 5.40. The van der Waals surface area contributed by atoms with Crippen LogP contribution in [0.2, 0.25) is 0 Å². The highest BCUT2D eigenvalue weighted by Crippen LogP contribution is 2.36. The number of nitrogens with two attached hydrogens (primary N) is 1. The van der Waals surface area contributed by atoms with Crippen LogP contribution >= 0.6 is 12.6 Å². The lowest BCUT2D eigenvalue weighted by molar-refractivity contribution is 0.0690. The molecule has 0 bridgehead atoms. The van der Waals surface area contributed by atoms with Gasteiger partial charge < -0.3 is 15.6 Å². The van der Waals surface area contributed by atoms with Crippen molar-refractivity contribution in [2.75, 3.05) is 0 Å². The maximum atomic E-state index is 10.9. The number of carbonyl (C=O) groups is 1. The van der Waals surface area contributed by atoms with E-state index in [2.05, 4.69) is 12.6 Å². The Morgan fingerprint density at radius 1 is 1.60 bits per heavy atom. The number of carboxylic acid groups (broad SMARTS) is 1. The molecule has 1 aliphatic heterocycles. The Hall–Kier alpha value is -1.20. The molecule has 1 aromatic carbocycles. The van der Waals surface area contributed by atoms with Crippen LogP contribution in [0.1, 0.15) is 28.4 Å². The summed E-state index contributed by atoms with van der Waals surface area (Å²) in [6.45, 7) is 0. The SMILES string of the molecule is NC1CC(S)Oc2c(C(=O)O)cccc21. The molecule has 0 aromatic heterocycles. The van der Waals surface area contributed by atoms with E-state index in [0.29, 0.717) is 12.2 Å². The van der Waals surface area contributed by atoms with Crippen molar-refractivity contribution < 1.29 is 14.6 Å². The van der Waals surface area contributed by atoms with E-state index < -0.39 is 5.97 Å². The van der Waals surface area contributed by atoms with Crippen LogP contribution in [0.4, 0.5) is 0 Å². The van der Waals surface area contributed by atoms with Gasteiger partial charge in [0.1, 0.15) is 16.7 Å². The predicted molar refractivity (Wildman–Crippen MR) is 58.3 cm³/mol. The maximum absolute atomic E-state index is 10.9. The van der Waals surface area contributed by atoms with Crippen molar-refractivity contribution in [3.63, 3.8) is 0 Å². The normalized spacial score (nSPS) is 24.1. The van der Waals surface area contributed by atoms with Gasteiger partial charge in [0.05, 0.1) is 0 Å². The Balaban J connectivity index is 2.54. The smallest absolute Gasteiger partial charge is 0.339 e. The van der Waals surface area contributed by atoms with E-state index in [9.17, 15) is 4.79 Å². The molecule has 0 aliphatic carbocycles. The molecular weight excluding hydrogens is 214 g/mol. The lowest BCUT2D eigenvalue weighted by Gasteiger charge is -2.28. The first kappa shape index (κ1) is 10.3. The molecule has 4 nitrogen and oxygen atoms in total. The molecule has 0 saturated heterocycles. The first-order valence-electron chi connectivity index (χ1n) is 4.56. The summed E-state index contributed by atoms with van der Waals surface area (Å²) in [5, 5.41) is 8.97. The van der Waals surface area contributed by atoms with E-state index in [-0.39, 0.29) is 17.0 Å². The Labute approximate surface area is 92.4 Å². The second-order valence-corrected chi connectivity index (χ2v) is 4.02.